The van der Waals surface area contributed by atoms with E-state index in [1.165, 1.54) is 0 Å². The fraction of sp³-hybridized carbons (Fsp3) is 0.400. The van der Waals surface area contributed by atoms with Gasteiger partial charge in [0, 0.05) is 29.9 Å². The van der Waals surface area contributed by atoms with Gasteiger partial charge in [-0.3, -0.25) is 4.68 Å². The summed E-state index contributed by atoms with van der Waals surface area (Å²) < 4.78 is 7.54. The number of rotatable bonds is 7. The van der Waals surface area contributed by atoms with Crippen molar-refractivity contribution >= 4 is 17.3 Å². The Labute approximate surface area is 124 Å². The molecule has 4 nitrogen and oxygen atoms in total. The van der Waals surface area contributed by atoms with Gasteiger partial charge in [-0.1, -0.05) is 18.5 Å². The average Bonchev–Trinajstić information content (AvgIpc) is 2.87. The molecular weight excluding hydrogens is 274 g/mol. The number of anilines is 1. The van der Waals surface area contributed by atoms with Crippen molar-refractivity contribution in [2.24, 2.45) is 0 Å². The van der Waals surface area contributed by atoms with Gasteiger partial charge >= 0.3 is 0 Å². The highest BCUT2D eigenvalue weighted by Gasteiger charge is 2.05. The molecule has 2 rings (SSSR count). The predicted molar refractivity (Wildman–Crippen MR) is 82.5 cm³/mol. The van der Waals surface area contributed by atoms with Gasteiger partial charge in [-0.05, 0) is 31.5 Å². The number of hydrogen-bond acceptors (Lipinski definition) is 3. The lowest BCUT2D eigenvalue weighted by Gasteiger charge is -2.12. The molecule has 0 bridgehead atoms. The number of aromatic nitrogens is 2. The summed E-state index contributed by atoms with van der Waals surface area (Å²) in [7, 11) is 0. The molecule has 0 aliphatic heterocycles. The monoisotopic (exact) mass is 293 g/mol. The standard InChI is InChI=1S/C15H20ClN3O/c1-3-7-19-11-12(10-18-19)9-17-14-8-13(16)5-6-15(14)20-4-2/h5-6,8,10-11,17H,3-4,7,9H2,1-2H3. The van der Waals surface area contributed by atoms with E-state index in [9.17, 15) is 0 Å². The minimum atomic E-state index is 0.630. The maximum absolute atomic E-state index is 6.03. The van der Waals surface area contributed by atoms with E-state index in [-0.39, 0.29) is 0 Å². The number of nitrogens with zero attached hydrogens (tertiary/aromatic N) is 2. The third kappa shape index (κ3) is 3.90. The van der Waals surface area contributed by atoms with E-state index in [1.54, 1.807) is 0 Å². The van der Waals surface area contributed by atoms with Crippen LogP contribution in [0.5, 0.6) is 5.75 Å². The number of aryl methyl sites for hydroxylation is 1. The second kappa shape index (κ2) is 7.20. The molecule has 1 heterocycles. The highest BCUT2D eigenvalue weighted by atomic mass is 35.5. The molecular formula is C15H20ClN3O. The Bertz CT molecular complexity index is 554. The predicted octanol–water partition coefficient (Wildman–Crippen LogP) is 3.96. The van der Waals surface area contributed by atoms with Crippen LogP contribution in [0.15, 0.2) is 30.6 Å². The second-order valence-corrected chi connectivity index (χ2v) is 4.98. The van der Waals surface area contributed by atoms with E-state index < -0.39 is 0 Å². The van der Waals surface area contributed by atoms with Crippen LogP contribution in [0.25, 0.3) is 0 Å². The zero-order valence-corrected chi connectivity index (χ0v) is 12.7. The fourth-order valence-corrected chi connectivity index (χ4v) is 2.14. The van der Waals surface area contributed by atoms with Crippen molar-refractivity contribution in [1.29, 1.82) is 0 Å². The summed E-state index contributed by atoms with van der Waals surface area (Å²) in [4.78, 5) is 0. The van der Waals surface area contributed by atoms with Crippen LogP contribution in [-0.4, -0.2) is 16.4 Å². The Kier molecular flexibility index (Phi) is 5.30. The van der Waals surface area contributed by atoms with Gasteiger partial charge in [0.15, 0.2) is 0 Å². The highest BCUT2D eigenvalue weighted by Crippen LogP contribution is 2.28. The van der Waals surface area contributed by atoms with E-state index in [4.69, 9.17) is 16.3 Å². The quantitative estimate of drug-likeness (QED) is 0.840. The first kappa shape index (κ1) is 14.7. The fourth-order valence-electron chi connectivity index (χ4n) is 1.97. The lowest BCUT2D eigenvalue weighted by molar-refractivity contribution is 0.341. The molecule has 0 aliphatic rings. The van der Waals surface area contributed by atoms with Gasteiger partial charge in [0.2, 0.25) is 0 Å². The third-order valence-corrected chi connectivity index (χ3v) is 3.10. The molecule has 0 atom stereocenters. The molecule has 1 aromatic heterocycles. The van der Waals surface area contributed by atoms with E-state index >= 15 is 0 Å². The summed E-state index contributed by atoms with van der Waals surface area (Å²) in [6.07, 6.45) is 5.02. The molecule has 0 aliphatic carbocycles. The zero-order valence-electron chi connectivity index (χ0n) is 11.9. The van der Waals surface area contributed by atoms with Crippen LogP contribution >= 0.6 is 11.6 Å². The molecule has 1 aromatic carbocycles. The Morgan fingerprint density at radius 1 is 1.35 bits per heavy atom. The minimum Gasteiger partial charge on any atom is -0.492 e. The second-order valence-electron chi connectivity index (χ2n) is 4.54. The maximum Gasteiger partial charge on any atom is 0.142 e. The molecule has 0 saturated carbocycles. The molecule has 0 fully saturated rings. The number of halogens is 1. The molecule has 1 N–H and O–H groups in total. The van der Waals surface area contributed by atoms with Crippen molar-refractivity contribution in [1.82, 2.24) is 9.78 Å². The first-order chi connectivity index (χ1) is 9.72. The Balaban J connectivity index is 2.03. The largest absolute Gasteiger partial charge is 0.492 e. The average molecular weight is 294 g/mol. The molecule has 0 amide bonds. The van der Waals surface area contributed by atoms with Crippen molar-refractivity contribution in [2.75, 3.05) is 11.9 Å². The third-order valence-electron chi connectivity index (χ3n) is 2.86. The molecule has 0 spiro atoms. The van der Waals surface area contributed by atoms with Crippen molar-refractivity contribution in [3.63, 3.8) is 0 Å². The van der Waals surface area contributed by atoms with Gasteiger partial charge in [0.1, 0.15) is 5.75 Å². The first-order valence-electron chi connectivity index (χ1n) is 6.90. The summed E-state index contributed by atoms with van der Waals surface area (Å²) in [6.45, 7) is 6.38. The summed E-state index contributed by atoms with van der Waals surface area (Å²) in [5, 5.41) is 8.35. The van der Waals surface area contributed by atoms with E-state index in [2.05, 4.69) is 23.5 Å². The van der Waals surface area contributed by atoms with Crippen LogP contribution in [0.4, 0.5) is 5.69 Å². The molecule has 5 heteroatoms. The van der Waals surface area contributed by atoms with Gasteiger partial charge in [0.05, 0.1) is 18.5 Å². The Morgan fingerprint density at radius 2 is 2.20 bits per heavy atom. The number of hydrogen-bond donors (Lipinski definition) is 1. The molecule has 2 aromatic rings. The van der Waals surface area contributed by atoms with Crippen LogP contribution in [0.1, 0.15) is 25.8 Å². The summed E-state index contributed by atoms with van der Waals surface area (Å²) >= 11 is 6.03. The normalized spacial score (nSPS) is 10.6. The van der Waals surface area contributed by atoms with Gasteiger partial charge in [-0.15, -0.1) is 0 Å². The number of nitrogens with one attached hydrogen (secondary N) is 1. The SMILES string of the molecule is CCCn1cc(CNc2cc(Cl)ccc2OCC)cn1. The number of ether oxygens (including phenoxy) is 1. The van der Waals surface area contributed by atoms with E-state index in [1.807, 2.05) is 36.0 Å². The summed E-state index contributed by atoms with van der Waals surface area (Å²) in [5.74, 6) is 0.817. The van der Waals surface area contributed by atoms with Gasteiger partial charge in [-0.2, -0.15) is 5.10 Å². The topological polar surface area (TPSA) is 39.1 Å². The molecule has 20 heavy (non-hydrogen) atoms. The van der Waals surface area contributed by atoms with E-state index in [0.717, 1.165) is 30.0 Å². The van der Waals surface area contributed by atoms with Gasteiger partial charge < -0.3 is 10.1 Å². The molecule has 0 unspecified atom stereocenters. The van der Waals surface area contributed by atoms with Crippen LogP contribution in [0.2, 0.25) is 5.02 Å². The lowest BCUT2D eigenvalue weighted by Crippen LogP contribution is -2.02. The van der Waals surface area contributed by atoms with Crippen LogP contribution < -0.4 is 10.1 Å². The smallest absolute Gasteiger partial charge is 0.142 e. The Hall–Kier alpha value is -1.68. The molecule has 0 saturated heterocycles. The van der Waals surface area contributed by atoms with Crippen LogP contribution in [0, 0.1) is 0 Å². The lowest BCUT2D eigenvalue weighted by atomic mass is 10.2. The minimum absolute atomic E-state index is 0.630. The highest BCUT2D eigenvalue weighted by molar-refractivity contribution is 6.30. The Morgan fingerprint density at radius 3 is 2.95 bits per heavy atom. The van der Waals surface area contributed by atoms with Crippen molar-refractivity contribution in [2.45, 2.75) is 33.4 Å². The van der Waals surface area contributed by atoms with Crippen LogP contribution in [0.3, 0.4) is 0 Å². The van der Waals surface area contributed by atoms with Crippen molar-refractivity contribution < 1.29 is 4.74 Å². The van der Waals surface area contributed by atoms with E-state index in [0.29, 0.717) is 18.2 Å². The number of benzene rings is 1. The van der Waals surface area contributed by atoms with Gasteiger partial charge in [-0.25, -0.2) is 0 Å². The zero-order chi connectivity index (χ0) is 14.4. The first-order valence-corrected chi connectivity index (χ1v) is 7.28. The summed E-state index contributed by atoms with van der Waals surface area (Å²) in [5.41, 5.74) is 2.04. The van der Waals surface area contributed by atoms with Crippen molar-refractivity contribution in [3.8, 4) is 5.75 Å². The molecule has 108 valence electrons. The van der Waals surface area contributed by atoms with Gasteiger partial charge in [0.25, 0.3) is 0 Å². The maximum atomic E-state index is 6.03. The van der Waals surface area contributed by atoms with Crippen molar-refractivity contribution in [3.05, 3.63) is 41.2 Å². The summed E-state index contributed by atoms with van der Waals surface area (Å²) in [6, 6.07) is 5.59. The molecule has 0 radical (unpaired) electrons. The van der Waals surface area contributed by atoms with Crippen LogP contribution in [-0.2, 0) is 13.1 Å².